The van der Waals surface area contributed by atoms with Crippen LogP contribution in [0.1, 0.15) is 11.1 Å². The molecule has 1 aromatic heterocycles. The van der Waals surface area contributed by atoms with Crippen molar-refractivity contribution in [2.75, 3.05) is 19.8 Å². The van der Waals surface area contributed by atoms with Gasteiger partial charge in [0.15, 0.2) is 12.0 Å². The molecule has 23 heavy (non-hydrogen) atoms. The van der Waals surface area contributed by atoms with Crippen LogP contribution in [0.15, 0.2) is 47.4 Å². The number of nitrogens with zero attached hydrogens (tertiary/aromatic N) is 1. The lowest BCUT2D eigenvalue weighted by Crippen LogP contribution is -2.28. The third-order valence-corrected chi connectivity index (χ3v) is 3.74. The normalized spacial score (nSPS) is 15.1. The van der Waals surface area contributed by atoms with E-state index < -0.39 is 0 Å². The maximum Gasteiger partial charge on any atom is 0.293 e. The van der Waals surface area contributed by atoms with Gasteiger partial charge in [-0.05, 0) is 11.6 Å². The lowest BCUT2D eigenvalue weighted by molar-refractivity contribution is -0.0392. The highest BCUT2D eigenvalue weighted by Gasteiger charge is 2.15. The van der Waals surface area contributed by atoms with Crippen molar-refractivity contribution in [2.45, 2.75) is 19.4 Å². The first kappa shape index (κ1) is 15.7. The summed E-state index contributed by atoms with van der Waals surface area (Å²) in [5.41, 5.74) is 1.19. The molecule has 0 spiro atoms. The van der Waals surface area contributed by atoms with E-state index in [2.05, 4.69) is 5.32 Å². The van der Waals surface area contributed by atoms with Crippen molar-refractivity contribution < 1.29 is 14.6 Å². The second-order valence-electron chi connectivity index (χ2n) is 5.41. The molecule has 1 aromatic carbocycles. The van der Waals surface area contributed by atoms with Gasteiger partial charge >= 0.3 is 0 Å². The molecule has 0 saturated carbocycles. The molecular weight excluding hydrogens is 296 g/mol. The van der Waals surface area contributed by atoms with Crippen LogP contribution in [-0.4, -0.2) is 35.7 Å². The zero-order chi connectivity index (χ0) is 16.1. The number of aromatic nitrogens is 1. The molecule has 2 aromatic rings. The summed E-state index contributed by atoms with van der Waals surface area (Å²) in [6.45, 7) is 2.55. The summed E-state index contributed by atoms with van der Waals surface area (Å²) in [7, 11) is 0. The molecule has 2 heterocycles. The number of ether oxygens (including phenoxy) is 2. The van der Waals surface area contributed by atoms with Crippen molar-refractivity contribution in [3.63, 3.8) is 0 Å². The predicted molar refractivity (Wildman–Crippen MR) is 85.3 cm³/mol. The summed E-state index contributed by atoms with van der Waals surface area (Å²) in [4.78, 5) is 12.2. The van der Waals surface area contributed by atoms with Crippen molar-refractivity contribution in [3.05, 3.63) is 64.1 Å². The molecular formula is C17H20N2O4. The highest BCUT2D eigenvalue weighted by molar-refractivity contribution is 5.29. The second kappa shape index (κ2) is 7.41. The fourth-order valence-electron chi connectivity index (χ4n) is 2.50. The Kier molecular flexibility index (Phi) is 5.07. The van der Waals surface area contributed by atoms with Crippen LogP contribution >= 0.6 is 0 Å². The Morgan fingerprint density at radius 3 is 2.65 bits per heavy atom. The lowest BCUT2D eigenvalue weighted by atomic mass is 10.2. The largest absolute Gasteiger partial charge is 0.503 e. The third-order valence-electron chi connectivity index (χ3n) is 3.74. The van der Waals surface area contributed by atoms with Crippen molar-refractivity contribution >= 4 is 0 Å². The van der Waals surface area contributed by atoms with Crippen LogP contribution in [-0.2, 0) is 22.6 Å². The first-order valence-corrected chi connectivity index (χ1v) is 7.63. The van der Waals surface area contributed by atoms with Crippen molar-refractivity contribution in [2.24, 2.45) is 0 Å². The van der Waals surface area contributed by atoms with E-state index in [9.17, 15) is 9.90 Å². The summed E-state index contributed by atoms with van der Waals surface area (Å²) >= 11 is 0. The minimum atomic E-state index is -0.387. The van der Waals surface area contributed by atoms with Gasteiger partial charge < -0.3 is 24.5 Å². The van der Waals surface area contributed by atoms with Crippen molar-refractivity contribution in [3.8, 4) is 5.75 Å². The second-order valence-corrected chi connectivity index (χ2v) is 5.41. The molecule has 2 N–H and O–H groups in total. The summed E-state index contributed by atoms with van der Waals surface area (Å²) in [5.74, 6) is -0.218. The van der Waals surface area contributed by atoms with Crippen molar-refractivity contribution in [1.82, 2.24) is 9.88 Å². The molecule has 1 aliphatic heterocycles. The number of rotatable bonds is 6. The van der Waals surface area contributed by atoms with Gasteiger partial charge in [0.1, 0.15) is 0 Å². The van der Waals surface area contributed by atoms with Crippen LogP contribution < -0.4 is 10.9 Å². The van der Waals surface area contributed by atoms with Gasteiger partial charge in [-0.2, -0.15) is 0 Å². The van der Waals surface area contributed by atoms with Gasteiger partial charge in [0.2, 0.25) is 0 Å². The maximum atomic E-state index is 12.2. The van der Waals surface area contributed by atoms with E-state index in [1.54, 1.807) is 12.3 Å². The molecule has 0 atom stereocenters. The average Bonchev–Trinajstić information content (AvgIpc) is 3.08. The SMILES string of the molecule is O=c1c(O)c(CNCC2OCCO2)ccn1Cc1ccccc1. The van der Waals surface area contributed by atoms with E-state index in [-0.39, 0.29) is 17.6 Å². The number of nitrogens with one attached hydrogen (secondary N) is 1. The lowest BCUT2D eigenvalue weighted by Gasteiger charge is -2.12. The monoisotopic (exact) mass is 316 g/mol. The molecule has 6 nitrogen and oxygen atoms in total. The van der Waals surface area contributed by atoms with Gasteiger partial charge in [-0.1, -0.05) is 30.3 Å². The summed E-state index contributed by atoms with van der Waals surface area (Å²) in [6, 6.07) is 11.4. The molecule has 1 saturated heterocycles. The molecule has 0 aliphatic carbocycles. The molecule has 0 bridgehead atoms. The highest BCUT2D eigenvalue weighted by atomic mass is 16.7. The summed E-state index contributed by atoms with van der Waals surface area (Å²) in [6.07, 6.45) is 1.45. The average molecular weight is 316 g/mol. The molecule has 3 rings (SSSR count). The van der Waals surface area contributed by atoms with Crippen LogP contribution in [0.4, 0.5) is 0 Å². The summed E-state index contributed by atoms with van der Waals surface area (Å²) in [5, 5.41) is 13.2. The Labute approximate surface area is 134 Å². The van der Waals surface area contributed by atoms with Crippen LogP contribution in [0, 0.1) is 0 Å². The molecule has 0 unspecified atom stereocenters. The van der Waals surface area contributed by atoms with Gasteiger partial charge in [0, 0.05) is 24.8 Å². The smallest absolute Gasteiger partial charge is 0.293 e. The maximum absolute atomic E-state index is 12.2. The topological polar surface area (TPSA) is 72.7 Å². The zero-order valence-corrected chi connectivity index (χ0v) is 12.8. The quantitative estimate of drug-likeness (QED) is 0.834. The molecule has 0 amide bonds. The molecule has 1 fully saturated rings. The van der Waals surface area contributed by atoms with Gasteiger partial charge in [-0.25, -0.2) is 0 Å². The number of aromatic hydroxyl groups is 1. The number of pyridine rings is 1. The predicted octanol–water partition coefficient (Wildman–Crippen LogP) is 1.06. The van der Waals surface area contributed by atoms with Gasteiger partial charge in [0.05, 0.1) is 19.8 Å². The van der Waals surface area contributed by atoms with Crippen LogP contribution in [0.25, 0.3) is 0 Å². The van der Waals surface area contributed by atoms with Crippen LogP contribution in [0.3, 0.4) is 0 Å². The van der Waals surface area contributed by atoms with E-state index >= 15 is 0 Å². The Balaban J connectivity index is 1.64. The van der Waals surface area contributed by atoms with Crippen LogP contribution in [0.2, 0.25) is 0 Å². The fourth-order valence-corrected chi connectivity index (χ4v) is 2.50. The van der Waals surface area contributed by atoms with Crippen molar-refractivity contribution in [1.29, 1.82) is 0 Å². The minimum Gasteiger partial charge on any atom is -0.503 e. The first-order valence-electron chi connectivity index (χ1n) is 7.63. The van der Waals surface area contributed by atoms with Gasteiger partial charge in [0.25, 0.3) is 5.56 Å². The first-order chi connectivity index (χ1) is 11.2. The summed E-state index contributed by atoms with van der Waals surface area (Å²) < 4.78 is 12.1. The third kappa shape index (κ3) is 3.98. The number of hydrogen-bond acceptors (Lipinski definition) is 5. The van der Waals surface area contributed by atoms with E-state index in [1.165, 1.54) is 4.57 Å². The molecule has 0 radical (unpaired) electrons. The van der Waals surface area contributed by atoms with Gasteiger partial charge in [-0.3, -0.25) is 4.79 Å². The Hall–Kier alpha value is -2.15. The Morgan fingerprint density at radius 2 is 1.91 bits per heavy atom. The highest BCUT2D eigenvalue weighted by Crippen LogP contribution is 2.12. The Bertz CT molecular complexity index is 693. The fraction of sp³-hybridized carbons (Fsp3) is 0.353. The van der Waals surface area contributed by atoms with Gasteiger partial charge in [-0.15, -0.1) is 0 Å². The number of hydrogen-bond donors (Lipinski definition) is 2. The molecule has 6 heteroatoms. The van der Waals surface area contributed by atoms with E-state index in [0.717, 1.165) is 5.56 Å². The van der Waals surface area contributed by atoms with Crippen LogP contribution in [0.5, 0.6) is 5.75 Å². The number of benzene rings is 1. The Morgan fingerprint density at radius 1 is 1.17 bits per heavy atom. The zero-order valence-electron chi connectivity index (χ0n) is 12.8. The standard InChI is InChI=1S/C17H20N2O4/c20-16-14(10-18-11-15-22-8-9-23-15)6-7-19(17(16)21)12-13-4-2-1-3-5-13/h1-7,15,18,20H,8-12H2. The van der Waals surface area contributed by atoms with E-state index in [1.807, 2.05) is 30.3 Å². The molecule has 1 aliphatic rings. The van der Waals surface area contributed by atoms with E-state index in [4.69, 9.17) is 9.47 Å². The molecule has 122 valence electrons. The minimum absolute atomic E-state index is 0.218. The van der Waals surface area contributed by atoms with E-state index in [0.29, 0.717) is 38.4 Å².